The molecule has 1 aromatic rings. The van der Waals surface area contributed by atoms with Gasteiger partial charge in [-0.1, -0.05) is 13.8 Å². The predicted octanol–water partition coefficient (Wildman–Crippen LogP) is 4.51. The lowest BCUT2D eigenvalue weighted by molar-refractivity contribution is 0.376. The SMILES string of the molecule is CCCNC(C)c1cc(F)ccc1N1CCC(C)CC1C. The minimum atomic E-state index is -0.142. The molecule has 0 aromatic heterocycles. The molecular formula is C18H29FN2. The number of halogens is 1. The third-order valence-corrected chi connectivity index (χ3v) is 4.60. The molecule has 0 amide bonds. The van der Waals surface area contributed by atoms with Gasteiger partial charge >= 0.3 is 0 Å². The zero-order chi connectivity index (χ0) is 15.4. The molecular weight excluding hydrogens is 263 g/mol. The van der Waals surface area contributed by atoms with Crippen molar-refractivity contribution in [2.24, 2.45) is 5.92 Å². The zero-order valence-corrected chi connectivity index (χ0v) is 13.8. The van der Waals surface area contributed by atoms with Crippen molar-refractivity contribution < 1.29 is 4.39 Å². The summed E-state index contributed by atoms with van der Waals surface area (Å²) in [5.74, 6) is 0.646. The van der Waals surface area contributed by atoms with Gasteiger partial charge in [0.15, 0.2) is 0 Å². The first-order valence-corrected chi connectivity index (χ1v) is 8.32. The average Bonchev–Trinajstić information content (AvgIpc) is 2.45. The van der Waals surface area contributed by atoms with Crippen molar-refractivity contribution >= 4 is 5.69 Å². The normalized spacial score (nSPS) is 24.1. The number of nitrogens with one attached hydrogen (secondary N) is 1. The number of hydrogen-bond donors (Lipinski definition) is 1. The minimum absolute atomic E-state index is 0.142. The highest BCUT2D eigenvalue weighted by Gasteiger charge is 2.25. The van der Waals surface area contributed by atoms with Crippen molar-refractivity contribution in [3.05, 3.63) is 29.6 Å². The molecule has 118 valence electrons. The Hall–Kier alpha value is -1.09. The molecule has 1 aromatic carbocycles. The van der Waals surface area contributed by atoms with Gasteiger partial charge in [0, 0.05) is 24.3 Å². The van der Waals surface area contributed by atoms with E-state index in [1.54, 1.807) is 12.1 Å². The molecule has 1 N–H and O–H groups in total. The molecule has 1 aliphatic heterocycles. The molecule has 0 bridgehead atoms. The maximum atomic E-state index is 13.7. The van der Waals surface area contributed by atoms with Crippen LogP contribution in [0.4, 0.5) is 10.1 Å². The molecule has 3 heteroatoms. The van der Waals surface area contributed by atoms with Gasteiger partial charge in [-0.2, -0.15) is 0 Å². The van der Waals surface area contributed by atoms with Crippen LogP contribution in [0.5, 0.6) is 0 Å². The van der Waals surface area contributed by atoms with E-state index < -0.39 is 0 Å². The van der Waals surface area contributed by atoms with E-state index in [0.29, 0.717) is 6.04 Å². The number of rotatable bonds is 5. The summed E-state index contributed by atoms with van der Waals surface area (Å²) in [6.45, 7) is 10.9. The lowest BCUT2D eigenvalue weighted by atomic mass is 9.91. The van der Waals surface area contributed by atoms with Crippen LogP contribution in [-0.4, -0.2) is 19.1 Å². The fraction of sp³-hybridized carbons (Fsp3) is 0.667. The smallest absolute Gasteiger partial charge is 0.123 e. The largest absolute Gasteiger partial charge is 0.369 e. The second-order valence-corrected chi connectivity index (χ2v) is 6.55. The predicted molar refractivity (Wildman–Crippen MR) is 88.3 cm³/mol. The Bertz CT molecular complexity index is 461. The van der Waals surface area contributed by atoms with E-state index in [1.165, 1.54) is 18.5 Å². The molecule has 21 heavy (non-hydrogen) atoms. The summed E-state index contributed by atoms with van der Waals surface area (Å²) in [5.41, 5.74) is 2.29. The summed E-state index contributed by atoms with van der Waals surface area (Å²) < 4.78 is 13.7. The molecule has 3 unspecified atom stereocenters. The topological polar surface area (TPSA) is 15.3 Å². The number of piperidine rings is 1. The lowest BCUT2D eigenvalue weighted by Gasteiger charge is -2.40. The van der Waals surface area contributed by atoms with E-state index in [2.05, 4.69) is 37.9 Å². The highest BCUT2D eigenvalue weighted by molar-refractivity contribution is 5.56. The highest BCUT2D eigenvalue weighted by Crippen LogP contribution is 2.33. The van der Waals surface area contributed by atoms with Gasteiger partial charge in [-0.3, -0.25) is 0 Å². The lowest BCUT2D eigenvalue weighted by Crippen LogP contribution is -2.41. The van der Waals surface area contributed by atoms with Crippen LogP contribution in [0, 0.1) is 11.7 Å². The van der Waals surface area contributed by atoms with Crippen LogP contribution in [-0.2, 0) is 0 Å². The Morgan fingerprint density at radius 1 is 1.38 bits per heavy atom. The molecule has 1 fully saturated rings. The molecule has 2 rings (SSSR count). The van der Waals surface area contributed by atoms with E-state index in [1.807, 2.05) is 6.07 Å². The fourth-order valence-electron chi connectivity index (χ4n) is 3.37. The Kier molecular flexibility index (Phi) is 5.63. The summed E-state index contributed by atoms with van der Waals surface area (Å²) in [5, 5.41) is 3.49. The molecule has 0 radical (unpaired) electrons. The third kappa shape index (κ3) is 3.97. The maximum Gasteiger partial charge on any atom is 0.123 e. The Labute approximate surface area is 128 Å². The Morgan fingerprint density at radius 2 is 2.14 bits per heavy atom. The molecule has 1 aliphatic rings. The number of hydrogen-bond acceptors (Lipinski definition) is 2. The number of anilines is 1. The molecule has 1 heterocycles. The van der Waals surface area contributed by atoms with Crippen LogP contribution in [0.15, 0.2) is 18.2 Å². The molecule has 0 saturated carbocycles. The third-order valence-electron chi connectivity index (χ3n) is 4.60. The van der Waals surface area contributed by atoms with Crippen molar-refractivity contribution in [2.45, 2.75) is 59.0 Å². The molecule has 0 spiro atoms. The Morgan fingerprint density at radius 3 is 2.81 bits per heavy atom. The van der Waals surface area contributed by atoms with Crippen LogP contribution in [0.3, 0.4) is 0 Å². The molecule has 3 atom stereocenters. The van der Waals surface area contributed by atoms with Gasteiger partial charge in [-0.05, 0) is 69.3 Å². The Balaban J connectivity index is 2.26. The van der Waals surface area contributed by atoms with Crippen molar-refractivity contribution in [3.8, 4) is 0 Å². The van der Waals surface area contributed by atoms with Gasteiger partial charge in [0.2, 0.25) is 0 Å². The van der Waals surface area contributed by atoms with Gasteiger partial charge in [0.05, 0.1) is 0 Å². The van der Waals surface area contributed by atoms with Crippen molar-refractivity contribution in [3.63, 3.8) is 0 Å². The second-order valence-electron chi connectivity index (χ2n) is 6.55. The van der Waals surface area contributed by atoms with Gasteiger partial charge in [0.25, 0.3) is 0 Å². The molecule has 1 saturated heterocycles. The summed E-state index contributed by atoms with van der Waals surface area (Å²) in [6, 6.07) is 5.96. The first-order chi connectivity index (χ1) is 10.0. The van der Waals surface area contributed by atoms with E-state index >= 15 is 0 Å². The van der Waals surface area contributed by atoms with Crippen LogP contribution in [0.25, 0.3) is 0 Å². The first-order valence-electron chi connectivity index (χ1n) is 8.32. The molecule has 0 aliphatic carbocycles. The van der Waals surface area contributed by atoms with E-state index in [4.69, 9.17) is 0 Å². The quantitative estimate of drug-likeness (QED) is 0.859. The van der Waals surface area contributed by atoms with Crippen molar-refractivity contribution in [2.75, 3.05) is 18.0 Å². The summed E-state index contributed by atoms with van der Waals surface area (Å²) in [7, 11) is 0. The first kappa shape index (κ1) is 16.3. The van der Waals surface area contributed by atoms with E-state index in [9.17, 15) is 4.39 Å². The molecule has 2 nitrogen and oxygen atoms in total. The van der Waals surface area contributed by atoms with Crippen LogP contribution < -0.4 is 10.2 Å². The van der Waals surface area contributed by atoms with Gasteiger partial charge in [0.1, 0.15) is 5.82 Å². The maximum absolute atomic E-state index is 13.7. The van der Waals surface area contributed by atoms with E-state index in [0.717, 1.165) is 31.0 Å². The fourth-order valence-corrected chi connectivity index (χ4v) is 3.37. The average molecular weight is 292 g/mol. The van der Waals surface area contributed by atoms with Crippen LogP contribution in [0.1, 0.15) is 58.6 Å². The van der Waals surface area contributed by atoms with Crippen LogP contribution in [0.2, 0.25) is 0 Å². The van der Waals surface area contributed by atoms with Crippen molar-refractivity contribution in [1.82, 2.24) is 5.32 Å². The van der Waals surface area contributed by atoms with Gasteiger partial charge in [-0.25, -0.2) is 4.39 Å². The number of benzene rings is 1. The summed E-state index contributed by atoms with van der Waals surface area (Å²) in [4.78, 5) is 2.46. The number of nitrogens with zero attached hydrogens (tertiary/aromatic N) is 1. The summed E-state index contributed by atoms with van der Waals surface area (Å²) in [6.07, 6.45) is 3.53. The van der Waals surface area contributed by atoms with Crippen LogP contribution >= 0.6 is 0 Å². The monoisotopic (exact) mass is 292 g/mol. The summed E-state index contributed by atoms with van der Waals surface area (Å²) >= 11 is 0. The van der Waals surface area contributed by atoms with Gasteiger partial charge in [-0.15, -0.1) is 0 Å². The highest BCUT2D eigenvalue weighted by atomic mass is 19.1. The minimum Gasteiger partial charge on any atom is -0.369 e. The van der Waals surface area contributed by atoms with Gasteiger partial charge < -0.3 is 10.2 Å². The standard InChI is InChI=1S/C18H29FN2/c1-5-9-20-15(4)17-12-16(19)6-7-18(17)21-10-8-13(2)11-14(21)3/h6-7,12-15,20H,5,8-11H2,1-4H3. The zero-order valence-electron chi connectivity index (χ0n) is 13.8. The van der Waals surface area contributed by atoms with Crippen molar-refractivity contribution in [1.29, 1.82) is 0 Å². The second kappa shape index (κ2) is 7.26. The van der Waals surface area contributed by atoms with E-state index in [-0.39, 0.29) is 11.9 Å².